The first-order chi connectivity index (χ1) is 15.5. The highest BCUT2D eigenvalue weighted by Crippen LogP contribution is 2.33. The average molecular weight is 443 g/mol. The first kappa shape index (κ1) is 22.3. The van der Waals surface area contributed by atoms with Crippen molar-refractivity contribution >= 4 is 17.5 Å². The predicted octanol–water partition coefficient (Wildman–Crippen LogP) is 2.37. The van der Waals surface area contributed by atoms with E-state index in [1.807, 2.05) is 26.0 Å². The second-order valence-corrected chi connectivity index (χ2v) is 8.37. The van der Waals surface area contributed by atoms with E-state index >= 15 is 0 Å². The Morgan fingerprint density at radius 1 is 1.16 bits per heavy atom. The van der Waals surface area contributed by atoms with Crippen LogP contribution in [-0.2, 0) is 14.3 Å². The van der Waals surface area contributed by atoms with Gasteiger partial charge in [-0.2, -0.15) is 5.10 Å². The number of nitrogens with zero attached hydrogens (tertiary/aromatic N) is 4. The minimum atomic E-state index is -0.368. The Hall–Kier alpha value is -2.91. The van der Waals surface area contributed by atoms with Crippen molar-refractivity contribution in [2.24, 2.45) is 11.0 Å². The van der Waals surface area contributed by atoms with Crippen LogP contribution in [0, 0.1) is 5.92 Å². The molecule has 1 saturated heterocycles. The molecule has 0 spiro atoms. The summed E-state index contributed by atoms with van der Waals surface area (Å²) in [6, 6.07) is 6.87. The number of carbonyl (C=O) groups excluding carboxylic acids is 2. The van der Waals surface area contributed by atoms with Crippen LogP contribution in [0.15, 0.2) is 50.7 Å². The Kier molecular flexibility index (Phi) is 7.06. The molecule has 1 atom stereocenters. The number of carbonyl (C=O) groups is 2. The molecule has 2 aromatic rings. The summed E-state index contributed by atoms with van der Waals surface area (Å²) in [5, 5.41) is 5.99. The zero-order valence-electron chi connectivity index (χ0n) is 18.6. The SMILES string of the molecule is CC(C)C(=O)N(CCN1CCOCC1)CC(=O)N1N=C(c2ccco2)CC1c1ccco1. The van der Waals surface area contributed by atoms with Crippen molar-refractivity contribution in [1.29, 1.82) is 0 Å². The second-order valence-electron chi connectivity index (χ2n) is 8.37. The normalized spacial score (nSPS) is 19.4. The van der Waals surface area contributed by atoms with Crippen LogP contribution in [-0.4, -0.2) is 78.3 Å². The molecule has 2 aliphatic heterocycles. The molecule has 4 rings (SSSR count). The van der Waals surface area contributed by atoms with Gasteiger partial charge in [0.15, 0.2) is 0 Å². The fraction of sp³-hybridized carbons (Fsp3) is 0.522. The lowest BCUT2D eigenvalue weighted by molar-refractivity contribution is -0.143. The number of amides is 2. The Labute approximate surface area is 187 Å². The number of hydrogen-bond acceptors (Lipinski definition) is 7. The van der Waals surface area contributed by atoms with Crippen molar-refractivity contribution in [2.75, 3.05) is 45.9 Å². The molecule has 4 heterocycles. The molecule has 172 valence electrons. The van der Waals surface area contributed by atoms with Gasteiger partial charge >= 0.3 is 0 Å². The number of hydrazone groups is 1. The fourth-order valence-corrected chi connectivity index (χ4v) is 3.99. The summed E-state index contributed by atoms with van der Waals surface area (Å²) < 4.78 is 16.5. The van der Waals surface area contributed by atoms with Gasteiger partial charge in [0, 0.05) is 38.5 Å². The van der Waals surface area contributed by atoms with Crippen LogP contribution < -0.4 is 0 Å². The molecule has 2 aliphatic rings. The minimum absolute atomic E-state index is 0.0342. The molecule has 2 aromatic heterocycles. The van der Waals surface area contributed by atoms with Crippen molar-refractivity contribution < 1.29 is 23.2 Å². The van der Waals surface area contributed by atoms with Gasteiger partial charge in [-0.3, -0.25) is 14.5 Å². The Morgan fingerprint density at radius 3 is 2.56 bits per heavy atom. The number of morpholine rings is 1. The number of furan rings is 2. The number of hydrogen-bond donors (Lipinski definition) is 0. The molecular formula is C23H30N4O5. The lowest BCUT2D eigenvalue weighted by Crippen LogP contribution is -2.47. The highest BCUT2D eigenvalue weighted by molar-refractivity contribution is 6.01. The van der Waals surface area contributed by atoms with Crippen LogP contribution in [0.25, 0.3) is 0 Å². The van der Waals surface area contributed by atoms with Gasteiger partial charge < -0.3 is 18.5 Å². The molecule has 0 aliphatic carbocycles. The third-order valence-corrected chi connectivity index (χ3v) is 5.76. The second kappa shape index (κ2) is 10.1. The van der Waals surface area contributed by atoms with Crippen molar-refractivity contribution in [1.82, 2.24) is 14.8 Å². The maximum absolute atomic E-state index is 13.4. The molecule has 0 aromatic carbocycles. The first-order valence-electron chi connectivity index (χ1n) is 11.1. The molecule has 9 nitrogen and oxygen atoms in total. The fourth-order valence-electron chi connectivity index (χ4n) is 3.99. The van der Waals surface area contributed by atoms with Gasteiger partial charge in [-0.15, -0.1) is 0 Å². The summed E-state index contributed by atoms with van der Waals surface area (Å²) in [6.07, 6.45) is 3.65. The zero-order chi connectivity index (χ0) is 22.5. The summed E-state index contributed by atoms with van der Waals surface area (Å²) >= 11 is 0. The highest BCUT2D eigenvalue weighted by Gasteiger charge is 2.37. The quantitative estimate of drug-likeness (QED) is 0.623. The van der Waals surface area contributed by atoms with E-state index in [1.54, 1.807) is 29.6 Å². The number of rotatable bonds is 8. The summed E-state index contributed by atoms with van der Waals surface area (Å²) in [7, 11) is 0. The monoisotopic (exact) mass is 442 g/mol. The Bertz CT molecular complexity index is 916. The van der Waals surface area contributed by atoms with Crippen molar-refractivity contribution in [3.8, 4) is 0 Å². The van der Waals surface area contributed by atoms with Crippen molar-refractivity contribution in [3.63, 3.8) is 0 Å². The Morgan fingerprint density at radius 2 is 1.91 bits per heavy atom. The third-order valence-electron chi connectivity index (χ3n) is 5.76. The smallest absolute Gasteiger partial charge is 0.262 e. The van der Waals surface area contributed by atoms with E-state index in [9.17, 15) is 9.59 Å². The summed E-state index contributed by atoms with van der Waals surface area (Å²) in [5.41, 5.74) is 0.680. The standard InChI is InChI=1S/C23H30N4O5/c1-17(2)23(29)26(8-7-25-9-13-30-14-10-25)16-22(28)27-19(21-6-4-12-32-21)15-18(24-27)20-5-3-11-31-20/h3-6,11-12,17,19H,7-10,13-16H2,1-2H3. The van der Waals surface area contributed by atoms with E-state index in [1.165, 1.54) is 5.01 Å². The Balaban J connectivity index is 1.49. The van der Waals surface area contributed by atoms with E-state index in [0.29, 0.717) is 50.0 Å². The molecule has 0 N–H and O–H groups in total. The molecule has 9 heteroatoms. The first-order valence-corrected chi connectivity index (χ1v) is 11.1. The van der Waals surface area contributed by atoms with E-state index in [0.717, 1.165) is 13.1 Å². The van der Waals surface area contributed by atoms with Crippen LogP contribution in [0.1, 0.15) is 37.8 Å². The predicted molar refractivity (Wildman–Crippen MR) is 117 cm³/mol. The van der Waals surface area contributed by atoms with Gasteiger partial charge in [-0.05, 0) is 24.3 Å². The van der Waals surface area contributed by atoms with E-state index in [2.05, 4.69) is 10.0 Å². The van der Waals surface area contributed by atoms with Gasteiger partial charge in [0.25, 0.3) is 5.91 Å². The van der Waals surface area contributed by atoms with E-state index in [-0.39, 0.29) is 30.3 Å². The largest absolute Gasteiger partial charge is 0.467 e. The third kappa shape index (κ3) is 5.11. The van der Waals surface area contributed by atoms with Gasteiger partial charge in [0.2, 0.25) is 5.91 Å². The summed E-state index contributed by atoms with van der Waals surface area (Å²) in [4.78, 5) is 30.1. The molecule has 32 heavy (non-hydrogen) atoms. The van der Waals surface area contributed by atoms with Crippen molar-refractivity contribution in [3.05, 3.63) is 48.3 Å². The molecule has 0 radical (unpaired) electrons. The van der Waals surface area contributed by atoms with Crippen LogP contribution in [0.2, 0.25) is 0 Å². The maximum atomic E-state index is 13.4. The summed E-state index contributed by atoms with van der Waals surface area (Å²) in [6.45, 7) is 7.91. The van der Waals surface area contributed by atoms with Gasteiger partial charge in [-0.25, -0.2) is 5.01 Å². The van der Waals surface area contributed by atoms with Gasteiger partial charge in [0.1, 0.15) is 29.8 Å². The highest BCUT2D eigenvalue weighted by atomic mass is 16.5. The van der Waals surface area contributed by atoms with Crippen molar-refractivity contribution in [2.45, 2.75) is 26.3 Å². The van der Waals surface area contributed by atoms with Crippen LogP contribution in [0.3, 0.4) is 0 Å². The maximum Gasteiger partial charge on any atom is 0.262 e. The number of ether oxygens (including phenoxy) is 1. The van der Waals surface area contributed by atoms with Crippen LogP contribution in [0.5, 0.6) is 0 Å². The van der Waals surface area contributed by atoms with Crippen LogP contribution in [0.4, 0.5) is 0 Å². The molecule has 2 amide bonds. The van der Waals surface area contributed by atoms with Crippen LogP contribution >= 0.6 is 0 Å². The molecule has 1 unspecified atom stereocenters. The van der Waals surface area contributed by atoms with E-state index < -0.39 is 0 Å². The zero-order valence-corrected chi connectivity index (χ0v) is 18.6. The summed E-state index contributed by atoms with van der Waals surface area (Å²) in [5.74, 6) is 0.784. The van der Waals surface area contributed by atoms with Gasteiger partial charge in [0.05, 0.1) is 25.7 Å². The average Bonchev–Trinajstić information content (AvgIpc) is 3.56. The molecule has 0 saturated carbocycles. The molecular weight excluding hydrogens is 412 g/mol. The van der Waals surface area contributed by atoms with E-state index in [4.69, 9.17) is 13.6 Å². The molecule has 1 fully saturated rings. The lowest BCUT2D eigenvalue weighted by Gasteiger charge is -2.31. The minimum Gasteiger partial charge on any atom is -0.467 e. The topological polar surface area (TPSA) is 91.7 Å². The lowest BCUT2D eigenvalue weighted by atomic mass is 10.1. The van der Waals surface area contributed by atoms with Gasteiger partial charge in [-0.1, -0.05) is 13.8 Å². The molecule has 0 bridgehead atoms.